The second-order valence-corrected chi connectivity index (χ2v) is 1.78. The van der Waals surface area contributed by atoms with E-state index in [2.05, 4.69) is 15.0 Å². The average molecular weight is 139 g/mol. The van der Waals surface area contributed by atoms with Gasteiger partial charge in [-0.3, -0.25) is 0 Å². The Morgan fingerprint density at radius 2 is 2.50 bits per heavy atom. The number of rotatable bonds is 2. The van der Waals surface area contributed by atoms with Gasteiger partial charge in [-0.1, -0.05) is 0 Å². The zero-order valence-corrected chi connectivity index (χ0v) is 5.41. The molecule has 0 saturated heterocycles. The first-order valence-corrected chi connectivity index (χ1v) is 2.82. The number of H-pyrrole nitrogens is 1. The largest absolute Gasteiger partial charge is 0.370 e. The van der Waals surface area contributed by atoms with Gasteiger partial charge in [0.15, 0.2) is 5.96 Å². The fourth-order valence-electron chi connectivity index (χ4n) is 0.551. The van der Waals surface area contributed by atoms with Gasteiger partial charge in [-0.05, 0) is 0 Å². The van der Waals surface area contributed by atoms with E-state index in [1.165, 1.54) is 0 Å². The molecule has 0 aliphatic carbocycles. The lowest BCUT2D eigenvalue weighted by Gasteiger charge is -1.89. The first kappa shape index (κ1) is 6.60. The Hall–Kier alpha value is -1.52. The van der Waals surface area contributed by atoms with Crippen molar-refractivity contribution >= 4 is 5.96 Å². The van der Waals surface area contributed by atoms with Crippen LogP contribution in [0.4, 0.5) is 0 Å². The van der Waals surface area contributed by atoms with E-state index in [-0.39, 0.29) is 5.96 Å². The summed E-state index contributed by atoms with van der Waals surface area (Å²) >= 11 is 0. The number of hydrogen-bond donors (Lipinski definition) is 3. The van der Waals surface area contributed by atoms with E-state index in [9.17, 15) is 0 Å². The average Bonchev–Trinajstić information content (AvgIpc) is 2.34. The van der Waals surface area contributed by atoms with Gasteiger partial charge in [0.2, 0.25) is 0 Å². The summed E-state index contributed by atoms with van der Waals surface area (Å²) in [6.45, 7) is 0.412. The molecule has 0 fully saturated rings. The number of aromatic nitrogens is 2. The molecule has 1 aromatic rings. The molecule has 0 aliphatic heterocycles. The number of aromatic amines is 1. The number of guanidine groups is 1. The molecular formula is C5H9N5. The maximum Gasteiger partial charge on any atom is 0.186 e. The summed E-state index contributed by atoms with van der Waals surface area (Å²) in [5.41, 5.74) is 10.2. The van der Waals surface area contributed by atoms with E-state index in [0.29, 0.717) is 6.54 Å². The van der Waals surface area contributed by atoms with Gasteiger partial charge in [0.1, 0.15) is 12.4 Å². The molecule has 5 N–H and O–H groups in total. The predicted octanol–water partition coefficient (Wildman–Crippen LogP) is -0.817. The van der Waals surface area contributed by atoms with Crippen LogP contribution in [0.1, 0.15) is 5.82 Å². The summed E-state index contributed by atoms with van der Waals surface area (Å²) in [4.78, 5) is 10.5. The molecule has 0 radical (unpaired) electrons. The third-order valence-corrected chi connectivity index (χ3v) is 0.966. The van der Waals surface area contributed by atoms with Gasteiger partial charge in [0, 0.05) is 12.4 Å². The normalized spacial score (nSPS) is 9.20. The minimum absolute atomic E-state index is 0.0800. The van der Waals surface area contributed by atoms with Gasteiger partial charge in [-0.25, -0.2) is 9.98 Å². The van der Waals surface area contributed by atoms with Gasteiger partial charge < -0.3 is 16.5 Å². The summed E-state index contributed by atoms with van der Waals surface area (Å²) < 4.78 is 0. The highest BCUT2D eigenvalue weighted by molar-refractivity contribution is 5.75. The summed E-state index contributed by atoms with van der Waals surface area (Å²) in [5.74, 6) is 0.838. The van der Waals surface area contributed by atoms with Crippen LogP contribution in [0.25, 0.3) is 0 Å². The molecule has 0 spiro atoms. The summed E-state index contributed by atoms with van der Waals surface area (Å²) in [7, 11) is 0. The number of nitrogens with zero attached hydrogens (tertiary/aromatic N) is 2. The topological polar surface area (TPSA) is 93.1 Å². The molecule has 54 valence electrons. The number of aliphatic imine (C=N–C) groups is 1. The van der Waals surface area contributed by atoms with Crippen molar-refractivity contribution in [2.75, 3.05) is 0 Å². The minimum atomic E-state index is 0.0800. The molecule has 5 heteroatoms. The molecule has 0 unspecified atom stereocenters. The zero-order valence-electron chi connectivity index (χ0n) is 5.41. The van der Waals surface area contributed by atoms with Crippen molar-refractivity contribution in [1.29, 1.82) is 0 Å². The van der Waals surface area contributed by atoms with Crippen molar-refractivity contribution in [3.63, 3.8) is 0 Å². The van der Waals surface area contributed by atoms with E-state index in [1.54, 1.807) is 12.4 Å². The van der Waals surface area contributed by atoms with Crippen LogP contribution >= 0.6 is 0 Å². The maximum atomic E-state index is 5.10. The van der Waals surface area contributed by atoms with Crippen molar-refractivity contribution in [3.05, 3.63) is 18.2 Å². The van der Waals surface area contributed by atoms with Crippen LogP contribution in [0.3, 0.4) is 0 Å². The highest BCUT2D eigenvalue weighted by Gasteiger charge is 1.89. The molecule has 0 amide bonds. The Balaban J connectivity index is 2.49. The zero-order chi connectivity index (χ0) is 7.40. The van der Waals surface area contributed by atoms with Gasteiger partial charge in [0.05, 0.1) is 0 Å². The summed E-state index contributed by atoms with van der Waals surface area (Å²) in [5, 5.41) is 0. The second kappa shape index (κ2) is 2.86. The maximum absolute atomic E-state index is 5.10. The van der Waals surface area contributed by atoms with E-state index < -0.39 is 0 Å². The molecule has 5 nitrogen and oxygen atoms in total. The van der Waals surface area contributed by atoms with Crippen LogP contribution in [0.5, 0.6) is 0 Å². The van der Waals surface area contributed by atoms with Gasteiger partial charge in [0.25, 0.3) is 0 Å². The molecule has 1 heterocycles. The third kappa shape index (κ3) is 1.77. The molecule has 0 aromatic carbocycles. The van der Waals surface area contributed by atoms with Crippen LogP contribution in [0, 0.1) is 0 Å². The van der Waals surface area contributed by atoms with E-state index in [1.807, 2.05) is 0 Å². The number of imidazole rings is 1. The van der Waals surface area contributed by atoms with Crippen LogP contribution in [0.15, 0.2) is 17.4 Å². The van der Waals surface area contributed by atoms with Crippen molar-refractivity contribution in [1.82, 2.24) is 9.97 Å². The Morgan fingerprint density at radius 3 is 3.00 bits per heavy atom. The third-order valence-electron chi connectivity index (χ3n) is 0.966. The number of nitrogens with two attached hydrogens (primary N) is 2. The number of hydrogen-bond acceptors (Lipinski definition) is 2. The first-order chi connectivity index (χ1) is 4.79. The predicted molar refractivity (Wildman–Crippen MR) is 38.1 cm³/mol. The lowest BCUT2D eigenvalue weighted by molar-refractivity contribution is 0.944. The van der Waals surface area contributed by atoms with Gasteiger partial charge >= 0.3 is 0 Å². The Bertz CT molecular complexity index is 208. The molecular weight excluding hydrogens is 130 g/mol. The Morgan fingerprint density at radius 1 is 1.70 bits per heavy atom. The van der Waals surface area contributed by atoms with Gasteiger partial charge in [-0.2, -0.15) is 0 Å². The van der Waals surface area contributed by atoms with Gasteiger partial charge in [-0.15, -0.1) is 0 Å². The Kier molecular flexibility index (Phi) is 1.89. The van der Waals surface area contributed by atoms with Crippen molar-refractivity contribution < 1.29 is 0 Å². The fraction of sp³-hybridized carbons (Fsp3) is 0.200. The number of nitrogens with one attached hydrogen (secondary N) is 1. The molecule has 10 heavy (non-hydrogen) atoms. The highest BCUT2D eigenvalue weighted by Crippen LogP contribution is 1.89. The van der Waals surface area contributed by atoms with Crippen LogP contribution in [-0.2, 0) is 6.54 Å². The molecule has 0 aliphatic rings. The molecule has 0 saturated carbocycles. The van der Waals surface area contributed by atoms with E-state index >= 15 is 0 Å². The first-order valence-electron chi connectivity index (χ1n) is 2.82. The van der Waals surface area contributed by atoms with Crippen LogP contribution < -0.4 is 11.5 Å². The summed E-state index contributed by atoms with van der Waals surface area (Å²) in [6, 6.07) is 0. The van der Waals surface area contributed by atoms with Crippen molar-refractivity contribution in [3.8, 4) is 0 Å². The van der Waals surface area contributed by atoms with E-state index in [0.717, 1.165) is 5.82 Å². The minimum Gasteiger partial charge on any atom is -0.370 e. The highest BCUT2D eigenvalue weighted by atomic mass is 15.0. The SMILES string of the molecule is NC(N)=NCc1ncc[nH]1. The van der Waals surface area contributed by atoms with Crippen molar-refractivity contribution in [2.24, 2.45) is 16.5 Å². The fourth-order valence-corrected chi connectivity index (χ4v) is 0.551. The Labute approximate surface area is 58.2 Å². The molecule has 1 rings (SSSR count). The van der Waals surface area contributed by atoms with E-state index in [4.69, 9.17) is 11.5 Å². The molecule has 0 atom stereocenters. The van der Waals surface area contributed by atoms with Crippen molar-refractivity contribution in [2.45, 2.75) is 6.54 Å². The summed E-state index contributed by atoms with van der Waals surface area (Å²) in [6.07, 6.45) is 3.37. The van der Waals surface area contributed by atoms with Crippen LogP contribution in [-0.4, -0.2) is 15.9 Å². The molecule has 1 aromatic heterocycles. The smallest absolute Gasteiger partial charge is 0.186 e. The quantitative estimate of drug-likeness (QED) is 0.369. The lowest BCUT2D eigenvalue weighted by atomic mass is 10.6. The lowest BCUT2D eigenvalue weighted by Crippen LogP contribution is -2.22. The molecule has 0 bridgehead atoms. The van der Waals surface area contributed by atoms with Crippen LogP contribution in [0.2, 0.25) is 0 Å². The standard InChI is InChI=1S/C5H9N5/c6-5(7)10-3-4-8-1-2-9-4/h1-2H,3H2,(H,8,9)(H4,6,7,10). The second-order valence-electron chi connectivity index (χ2n) is 1.78. The monoisotopic (exact) mass is 139 g/mol.